The van der Waals surface area contributed by atoms with Crippen LogP contribution in [0.15, 0.2) is 24.3 Å². The predicted molar refractivity (Wildman–Crippen MR) is 72.9 cm³/mol. The lowest BCUT2D eigenvalue weighted by Gasteiger charge is -2.40. The van der Waals surface area contributed by atoms with Crippen LogP contribution in [0, 0.1) is 0 Å². The van der Waals surface area contributed by atoms with Crippen molar-refractivity contribution >= 4 is 5.69 Å². The number of nitrogens with two attached hydrogens (primary N) is 1. The minimum absolute atomic E-state index is 0.453. The fourth-order valence-corrected chi connectivity index (χ4v) is 2.46. The van der Waals surface area contributed by atoms with E-state index in [4.69, 9.17) is 5.73 Å². The van der Waals surface area contributed by atoms with Crippen molar-refractivity contribution in [1.82, 2.24) is 9.80 Å². The third kappa shape index (κ3) is 2.79. The van der Waals surface area contributed by atoms with Gasteiger partial charge in [0.15, 0.2) is 0 Å². The number of nitrogen functional groups attached to an aromatic ring is 1. The number of rotatable bonds is 2. The summed E-state index contributed by atoms with van der Waals surface area (Å²) in [6.07, 6.45) is 0. The van der Waals surface area contributed by atoms with Crippen LogP contribution in [0.2, 0.25) is 0 Å². The molecule has 0 aliphatic carbocycles. The van der Waals surface area contributed by atoms with Gasteiger partial charge in [-0.2, -0.15) is 0 Å². The minimum Gasteiger partial charge on any atom is -0.399 e. The lowest BCUT2D eigenvalue weighted by molar-refractivity contribution is 0.0775. The van der Waals surface area contributed by atoms with Crippen molar-refractivity contribution in [2.75, 3.05) is 32.4 Å². The Labute approximate surface area is 104 Å². The molecule has 17 heavy (non-hydrogen) atoms. The molecule has 1 aliphatic rings. The van der Waals surface area contributed by atoms with Crippen molar-refractivity contribution in [2.24, 2.45) is 0 Å². The Morgan fingerprint density at radius 1 is 1.35 bits per heavy atom. The van der Waals surface area contributed by atoms with Crippen molar-refractivity contribution in [3.63, 3.8) is 0 Å². The minimum atomic E-state index is 0.453. The lowest BCUT2D eigenvalue weighted by Crippen LogP contribution is -2.50. The zero-order valence-corrected chi connectivity index (χ0v) is 11.1. The number of likely N-dealkylation sites (N-methyl/N-ethyl adjacent to an activating group) is 1. The molecule has 2 rings (SSSR count). The smallest absolute Gasteiger partial charge is 0.0321 e. The van der Waals surface area contributed by atoms with E-state index >= 15 is 0 Å². The molecule has 94 valence electrons. The largest absolute Gasteiger partial charge is 0.399 e. The van der Waals surface area contributed by atoms with Gasteiger partial charge < -0.3 is 10.6 Å². The molecule has 2 unspecified atom stereocenters. The molecular weight excluding hydrogens is 210 g/mol. The summed E-state index contributed by atoms with van der Waals surface area (Å²) in [5.74, 6) is 0. The highest BCUT2D eigenvalue weighted by Gasteiger charge is 2.24. The third-order valence-electron chi connectivity index (χ3n) is 3.93. The van der Waals surface area contributed by atoms with Gasteiger partial charge in [-0.25, -0.2) is 0 Å². The first-order valence-corrected chi connectivity index (χ1v) is 6.37. The lowest BCUT2D eigenvalue weighted by atomic mass is 10.0. The van der Waals surface area contributed by atoms with Gasteiger partial charge in [0, 0.05) is 37.4 Å². The van der Waals surface area contributed by atoms with E-state index in [2.05, 4.69) is 42.8 Å². The Kier molecular flexibility index (Phi) is 3.69. The normalized spacial score (nSPS) is 24.8. The molecule has 3 heteroatoms. The summed E-state index contributed by atoms with van der Waals surface area (Å²) in [6.45, 7) is 7.97. The quantitative estimate of drug-likeness (QED) is 0.793. The van der Waals surface area contributed by atoms with Gasteiger partial charge in [0.25, 0.3) is 0 Å². The Hall–Kier alpha value is -1.06. The topological polar surface area (TPSA) is 32.5 Å². The monoisotopic (exact) mass is 233 g/mol. The van der Waals surface area contributed by atoms with Gasteiger partial charge in [-0.05, 0) is 38.6 Å². The molecule has 2 atom stereocenters. The molecular formula is C14H23N3. The molecule has 1 aromatic rings. The van der Waals surface area contributed by atoms with Crippen molar-refractivity contribution in [3.8, 4) is 0 Å². The van der Waals surface area contributed by atoms with Crippen molar-refractivity contribution < 1.29 is 0 Å². The highest BCUT2D eigenvalue weighted by Crippen LogP contribution is 2.24. The second-order valence-electron chi connectivity index (χ2n) is 5.17. The highest BCUT2D eigenvalue weighted by molar-refractivity contribution is 5.41. The van der Waals surface area contributed by atoms with Crippen molar-refractivity contribution in [2.45, 2.75) is 25.9 Å². The van der Waals surface area contributed by atoms with Crippen LogP contribution in [0.25, 0.3) is 0 Å². The van der Waals surface area contributed by atoms with Gasteiger partial charge in [-0.15, -0.1) is 0 Å². The Morgan fingerprint density at radius 2 is 2.12 bits per heavy atom. The Balaban J connectivity index is 2.07. The molecule has 2 N–H and O–H groups in total. The van der Waals surface area contributed by atoms with E-state index in [-0.39, 0.29) is 0 Å². The van der Waals surface area contributed by atoms with Crippen LogP contribution in [0.4, 0.5) is 5.69 Å². The van der Waals surface area contributed by atoms with Crippen molar-refractivity contribution in [3.05, 3.63) is 29.8 Å². The number of benzene rings is 1. The predicted octanol–water partition coefficient (Wildman–Crippen LogP) is 1.97. The second-order valence-corrected chi connectivity index (χ2v) is 5.17. The number of piperazine rings is 1. The summed E-state index contributed by atoms with van der Waals surface area (Å²) in [6, 6.07) is 9.34. The molecule has 1 aromatic carbocycles. The fraction of sp³-hybridized carbons (Fsp3) is 0.571. The maximum atomic E-state index is 5.85. The van der Waals surface area contributed by atoms with E-state index in [1.54, 1.807) is 0 Å². The summed E-state index contributed by atoms with van der Waals surface area (Å²) < 4.78 is 0. The van der Waals surface area contributed by atoms with Crippen LogP contribution in [0.1, 0.15) is 25.5 Å². The summed E-state index contributed by atoms with van der Waals surface area (Å²) in [4.78, 5) is 4.96. The summed E-state index contributed by atoms with van der Waals surface area (Å²) >= 11 is 0. The average molecular weight is 233 g/mol. The van der Waals surface area contributed by atoms with E-state index in [1.807, 2.05) is 12.1 Å². The van der Waals surface area contributed by atoms with Crippen LogP contribution in [-0.4, -0.2) is 42.5 Å². The molecule has 1 fully saturated rings. The molecule has 0 spiro atoms. The second kappa shape index (κ2) is 5.07. The van der Waals surface area contributed by atoms with Crippen LogP contribution in [0.3, 0.4) is 0 Å². The average Bonchev–Trinajstić information content (AvgIpc) is 2.32. The number of hydrogen-bond donors (Lipinski definition) is 1. The van der Waals surface area contributed by atoms with Crippen molar-refractivity contribution in [1.29, 1.82) is 0 Å². The summed E-state index contributed by atoms with van der Waals surface area (Å²) in [5, 5.41) is 0. The summed E-state index contributed by atoms with van der Waals surface area (Å²) in [5.41, 5.74) is 8.03. The van der Waals surface area contributed by atoms with E-state index in [0.717, 1.165) is 25.3 Å². The van der Waals surface area contributed by atoms with Gasteiger partial charge in [-0.1, -0.05) is 12.1 Å². The zero-order chi connectivity index (χ0) is 12.4. The number of hydrogen-bond acceptors (Lipinski definition) is 3. The first-order valence-electron chi connectivity index (χ1n) is 6.37. The van der Waals surface area contributed by atoms with Crippen LogP contribution >= 0.6 is 0 Å². The highest BCUT2D eigenvalue weighted by atomic mass is 15.3. The van der Waals surface area contributed by atoms with Gasteiger partial charge in [0.2, 0.25) is 0 Å². The Morgan fingerprint density at radius 3 is 2.76 bits per heavy atom. The van der Waals surface area contributed by atoms with E-state index in [1.165, 1.54) is 5.56 Å². The van der Waals surface area contributed by atoms with Crippen LogP contribution in [-0.2, 0) is 0 Å². The first-order chi connectivity index (χ1) is 8.08. The maximum absolute atomic E-state index is 5.85. The van der Waals surface area contributed by atoms with Gasteiger partial charge in [0.05, 0.1) is 0 Å². The first kappa shape index (κ1) is 12.4. The number of nitrogens with zero attached hydrogens (tertiary/aromatic N) is 2. The molecule has 0 saturated carbocycles. The molecule has 0 radical (unpaired) electrons. The standard InChI is InChI=1S/C14H23N3/c1-11-10-17(8-7-16(11)3)12(2)13-5-4-6-14(15)9-13/h4-6,9,11-12H,7-8,10,15H2,1-3H3. The third-order valence-corrected chi connectivity index (χ3v) is 3.93. The van der Waals surface area contributed by atoms with E-state index in [9.17, 15) is 0 Å². The molecule has 0 amide bonds. The maximum Gasteiger partial charge on any atom is 0.0321 e. The molecule has 1 saturated heterocycles. The number of anilines is 1. The molecule has 1 heterocycles. The van der Waals surface area contributed by atoms with E-state index in [0.29, 0.717) is 12.1 Å². The SMILES string of the molecule is CC1CN(C(C)c2cccc(N)c2)CCN1C. The van der Waals surface area contributed by atoms with Gasteiger partial charge in [0.1, 0.15) is 0 Å². The van der Waals surface area contributed by atoms with Crippen LogP contribution in [0.5, 0.6) is 0 Å². The Bertz CT molecular complexity index is 377. The van der Waals surface area contributed by atoms with Gasteiger partial charge in [-0.3, -0.25) is 4.90 Å². The molecule has 3 nitrogen and oxygen atoms in total. The van der Waals surface area contributed by atoms with E-state index < -0.39 is 0 Å². The fourth-order valence-electron chi connectivity index (χ4n) is 2.46. The van der Waals surface area contributed by atoms with Gasteiger partial charge >= 0.3 is 0 Å². The zero-order valence-electron chi connectivity index (χ0n) is 11.1. The molecule has 0 bridgehead atoms. The molecule has 1 aliphatic heterocycles. The summed E-state index contributed by atoms with van der Waals surface area (Å²) in [7, 11) is 2.20. The van der Waals surface area contributed by atoms with Crippen LogP contribution < -0.4 is 5.73 Å². The molecule has 0 aromatic heterocycles.